The van der Waals surface area contributed by atoms with Crippen LogP contribution in [-0.2, 0) is 16.0 Å². The van der Waals surface area contributed by atoms with Crippen molar-refractivity contribution in [2.75, 3.05) is 25.9 Å². The number of rotatable bonds is 4. The van der Waals surface area contributed by atoms with Crippen molar-refractivity contribution in [2.24, 2.45) is 0 Å². The summed E-state index contributed by atoms with van der Waals surface area (Å²) >= 11 is 0. The minimum atomic E-state index is -0.569. The van der Waals surface area contributed by atoms with Gasteiger partial charge in [0.1, 0.15) is 37.5 Å². The van der Waals surface area contributed by atoms with Gasteiger partial charge in [-0.25, -0.2) is 9.42 Å². The molecule has 0 radical (unpaired) electrons. The number of quaternary nitrogens is 1. The molecule has 0 amide bonds. The summed E-state index contributed by atoms with van der Waals surface area (Å²) in [5.74, 6) is -0.308. The molecule has 1 aliphatic heterocycles. The molecule has 130 valence electrons. The Morgan fingerprint density at radius 1 is 1.38 bits per heavy atom. The van der Waals surface area contributed by atoms with Gasteiger partial charge in [-0.2, -0.15) is 4.68 Å². The number of aromatic nitrogens is 5. The lowest BCUT2D eigenvalue weighted by molar-refractivity contribution is -0.928. The molecule has 24 heavy (non-hydrogen) atoms. The van der Waals surface area contributed by atoms with Gasteiger partial charge in [-0.1, -0.05) is 5.21 Å². The lowest BCUT2D eigenvalue weighted by Gasteiger charge is -2.32. The van der Waals surface area contributed by atoms with E-state index in [4.69, 9.17) is 15.2 Å². The summed E-state index contributed by atoms with van der Waals surface area (Å²) in [6.07, 6.45) is 0.238. The number of esters is 1. The largest absolute Gasteiger partial charge is 0.464 e. The topological polar surface area (TPSA) is 136 Å². The van der Waals surface area contributed by atoms with Crippen molar-refractivity contribution < 1.29 is 23.8 Å². The fraction of sp³-hybridized carbons (Fsp3) is 0.615. The van der Waals surface area contributed by atoms with E-state index in [0.717, 1.165) is 13.1 Å². The molecule has 3 heterocycles. The standard InChI is InChI=1S/C13H19N7O4/c1-7-4-19(5-8(2)23-7)6-9-10(13(21)22-3)15-18-20(9)12-11(14)16-24-17-12/h7-8H,4-6H2,1-3H3,(H2,14,16)/p+1/t7-,8-/m0/s1. The molecule has 1 aliphatic rings. The van der Waals surface area contributed by atoms with Gasteiger partial charge in [0.2, 0.25) is 11.6 Å². The summed E-state index contributed by atoms with van der Waals surface area (Å²) in [5.41, 5.74) is 6.40. The number of anilines is 1. The Hall–Kier alpha value is -2.53. The maximum Gasteiger partial charge on any atom is 0.360 e. The van der Waals surface area contributed by atoms with Crippen LogP contribution in [0.3, 0.4) is 0 Å². The maximum absolute atomic E-state index is 12.0. The van der Waals surface area contributed by atoms with Crippen LogP contribution in [0.25, 0.3) is 5.82 Å². The Morgan fingerprint density at radius 3 is 2.67 bits per heavy atom. The quantitative estimate of drug-likeness (QED) is 0.619. The predicted octanol–water partition coefficient (Wildman–Crippen LogP) is -1.79. The highest BCUT2D eigenvalue weighted by Crippen LogP contribution is 2.16. The van der Waals surface area contributed by atoms with E-state index >= 15 is 0 Å². The first-order chi connectivity index (χ1) is 11.5. The van der Waals surface area contributed by atoms with Crippen molar-refractivity contribution in [3.05, 3.63) is 11.4 Å². The third-order valence-corrected chi connectivity index (χ3v) is 3.87. The second-order valence-corrected chi connectivity index (χ2v) is 5.85. The summed E-state index contributed by atoms with van der Waals surface area (Å²) in [7, 11) is 1.29. The highest BCUT2D eigenvalue weighted by molar-refractivity contribution is 5.88. The zero-order valence-electron chi connectivity index (χ0n) is 13.7. The molecule has 0 spiro atoms. The van der Waals surface area contributed by atoms with Crippen LogP contribution in [0, 0.1) is 0 Å². The molecule has 11 heteroatoms. The molecule has 0 saturated carbocycles. The van der Waals surface area contributed by atoms with Crippen LogP contribution in [-0.4, -0.2) is 63.7 Å². The number of morpholine rings is 1. The number of nitrogens with one attached hydrogen (secondary N) is 1. The number of hydrogen-bond acceptors (Lipinski definition) is 9. The van der Waals surface area contributed by atoms with E-state index in [1.165, 1.54) is 16.7 Å². The van der Waals surface area contributed by atoms with Crippen LogP contribution in [0.15, 0.2) is 4.63 Å². The summed E-state index contributed by atoms with van der Waals surface area (Å²) in [6, 6.07) is 0. The number of ether oxygens (including phenoxy) is 2. The highest BCUT2D eigenvalue weighted by atomic mass is 16.6. The number of nitrogen functional groups attached to an aromatic ring is 1. The summed E-state index contributed by atoms with van der Waals surface area (Å²) in [5, 5.41) is 15.2. The minimum absolute atomic E-state index is 0.0660. The molecule has 3 rings (SSSR count). The van der Waals surface area contributed by atoms with E-state index in [-0.39, 0.29) is 29.5 Å². The lowest BCUT2D eigenvalue weighted by Crippen LogP contribution is -3.14. The van der Waals surface area contributed by atoms with Crippen LogP contribution in [0.5, 0.6) is 0 Å². The van der Waals surface area contributed by atoms with Gasteiger partial charge >= 0.3 is 5.97 Å². The van der Waals surface area contributed by atoms with Crippen molar-refractivity contribution in [2.45, 2.75) is 32.6 Å². The van der Waals surface area contributed by atoms with Crippen LogP contribution >= 0.6 is 0 Å². The fourth-order valence-electron chi connectivity index (χ4n) is 2.99. The molecule has 0 aliphatic carbocycles. The van der Waals surface area contributed by atoms with Crippen molar-refractivity contribution >= 4 is 11.8 Å². The van der Waals surface area contributed by atoms with Crippen molar-refractivity contribution in [1.82, 2.24) is 25.3 Å². The van der Waals surface area contributed by atoms with E-state index < -0.39 is 5.97 Å². The second-order valence-electron chi connectivity index (χ2n) is 5.85. The monoisotopic (exact) mass is 338 g/mol. The second kappa shape index (κ2) is 6.53. The lowest BCUT2D eigenvalue weighted by atomic mass is 10.2. The molecule has 3 N–H and O–H groups in total. The Labute approximate surface area is 137 Å². The average molecular weight is 338 g/mol. The molecular weight excluding hydrogens is 318 g/mol. The zero-order valence-corrected chi connectivity index (χ0v) is 13.7. The molecule has 2 aromatic heterocycles. The summed E-state index contributed by atoms with van der Waals surface area (Å²) in [4.78, 5) is 13.2. The maximum atomic E-state index is 12.0. The van der Waals surface area contributed by atoms with E-state index in [9.17, 15) is 4.79 Å². The molecule has 1 fully saturated rings. The third kappa shape index (κ3) is 3.08. The number of hydrogen-bond donors (Lipinski definition) is 2. The average Bonchev–Trinajstić information content (AvgIpc) is 3.11. The van der Waals surface area contributed by atoms with E-state index in [0.29, 0.717) is 12.2 Å². The van der Waals surface area contributed by atoms with Gasteiger partial charge < -0.3 is 20.1 Å². The molecule has 11 nitrogen and oxygen atoms in total. The fourth-order valence-corrected chi connectivity index (χ4v) is 2.99. The molecule has 2 aromatic rings. The van der Waals surface area contributed by atoms with Crippen LogP contribution in [0.2, 0.25) is 0 Å². The number of nitrogens with two attached hydrogens (primary N) is 1. The van der Waals surface area contributed by atoms with Gasteiger partial charge in [0, 0.05) is 0 Å². The molecular formula is C13H20N7O4+. The Balaban J connectivity index is 1.96. The Morgan fingerprint density at radius 2 is 2.08 bits per heavy atom. The smallest absolute Gasteiger partial charge is 0.360 e. The number of nitrogens with zero attached hydrogens (tertiary/aromatic N) is 5. The van der Waals surface area contributed by atoms with Crippen LogP contribution < -0.4 is 10.6 Å². The van der Waals surface area contributed by atoms with Gasteiger partial charge in [0.05, 0.1) is 7.11 Å². The van der Waals surface area contributed by atoms with Gasteiger partial charge in [0.25, 0.3) is 0 Å². The molecule has 0 bridgehead atoms. The first kappa shape index (κ1) is 16.3. The summed E-state index contributed by atoms with van der Waals surface area (Å²) in [6.45, 7) is 6.12. The first-order valence-corrected chi connectivity index (χ1v) is 7.60. The number of carbonyl (C=O) groups excluding carboxylic acids is 1. The van der Waals surface area contributed by atoms with E-state index in [1.807, 2.05) is 13.8 Å². The SMILES string of the molecule is COC(=O)c1nnn(-c2nonc2N)c1C[NH+]1C[C@H](C)O[C@@H](C)C1. The first-order valence-electron chi connectivity index (χ1n) is 7.60. The molecule has 1 saturated heterocycles. The summed E-state index contributed by atoms with van der Waals surface area (Å²) < 4.78 is 16.5. The third-order valence-electron chi connectivity index (χ3n) is 3.87. The normalized spacial score (nSPS) is 24.0. The molecule has 2 atom stereocenters. The van der Waals surface area contributed by atoms with Crippen molar-refractivity contribution in [3.8, 4) is 5.82 Å². The zero-order chi connectivity index (χ0) is 17.3. The molecule has 0 aromatic carbocycles. The number of methoxy groups -OCH3 is 1. The van der Waals surface area contributed by atoms with Crippen molar-refractivity contribution in [1.29, 1.82) is 0 Å². The predicted molar refractivity (Wildman–Crippen MR) is 79.4 cm³/mol. The van der Waals surface area contributed by atoms with Gasteiger partial charge in [-0.15, -0.1) is 5.10 Å². The van der Waals surface area contributed by atoms with E-state index in [2.05, 4.69) is 25.3 Å². The van der Waals surface area contributed by atoms with Crippen LogP contribution in [0.1, 0.15) is 30.0 Å². The Kier molecular flexibility index (Phi) is 4.44. The number of carbonyl (C=O) groups is 1. The van der Waals surface area contributed by atoms with Gasteiger partial charge in [-0.3, -0.25) is 0 Å². The molecule has 0 unspecified atom stereocenters. The van der Waals surface area contributed by atoms with E-state index in [1.54, 1.807) is 0 Å². The van der Waals surface area contributed by atoms with Crippen LogP contribution in [0.4, 0.5) is 5.82 Å². The van der Waals surface area contributed by atoms with Gasteiger partial charge in [0.15, 0.2) is 5.69 Å². The van der Waals surface area contributed by atoms with Crippen molar-refractivity contribution in [3.63, 3.8) is 0 Å². The highest BCUT2D eigenvalue weighted by Gasteiger charge is 2.31. The Bertz CT molecular complexity index is 718. The minimum Gasteiger partial charge on any atom is -0.464 e. The van der Waals surface area contributed by atoms with Gasteiger partial charge in [-0.05, 0) is 24.2 Å².